The molecule has 0 saturated heterocycles. The Labute approximate surface area is 120 Å². The van der Waals surface area contributed by atoms with Gasteiger partial charge in [-0.05, 0) is 38.7 Å². The monoisotopic (exact) mass is 273 g/mol. The molecule has 2 rings (SSSR count). The molecule has 1 amide bonds. The van der Waals surface area contributed by atoms with E-state index in [-0.39, 0.29) is 17.9 Å². The molecule has 0 aliphatic heterocycles. The van der Waals surface area contributed by atoms with Crippen molar-refractivity contribution in [2.45, 2.75) is 58.4 Å². The zero-order chi connectivity index (χ0) is 14.5. The summed E-state index contributed by atoms with van der Waals surface area (Å²) in [5, 5.41) is 3.03. The van der Waals surface area contributed by atoms with Crippen LogP contribution >= 0.6 is 0 Å². The van der Waals surface area contributed by atoms with E-state index >= 15 is 0 Å². The first-order valence-corrected chi connectivity index (χ1v) is 7.40. The van der Waals surface area contributed by atoms with Gasteiger partial charge in [0.2, 0.25) is 0 Å². The van der Waals surface area contributed by atoms with Crippen molar-refractivity contribution in [1.82, 2.24) is 15.3 Å². The molecule has 0 aromatic carbocycles. The molecule has 1 aliphatic carbocycles. The molecule has 1 aliphatic rings. The molecule has 0 saturated carbocycles. The molecular weight excluding hydrogens is 250 g/mol. The Morgan fingerprint density at radius 3 is 2.75 bits per heavy atom. The summed E-state index contributed by atoms with van der Waals surface area (Å²) in [6.07, 6.45) is 8.60. The number of aromatic nitrogens is 2. The van der Waals surface area contributed by atoms with E-state index in [2.05, 4.69) is 21.4 Å². The minimum Gasteiger partial charge on any atom is -0.345 e. The van der Waals surface area contributed by atoms with Gasteiger partial charge >= 0.3 is 0 Å². The minimum atomic E-state index is -0.117. The first-order valence-electron chi connectivity index (χ1n) is 7.40. The van der Waals surface area contributed by atoms with Crippen LogP contribution in [-0.2, 0) is 0 Å². The van der Waals surface area contributed by atoms with Gasteiger partial charge in [0, 0.05) is 18.2 Å². The Morgan fingerprint density at radius 2 is 2.10 bits per heavy atom. The molecule has 0 radical (unpaired) electrons. The first-order chi connectivity index (χ1) is 9.58. The molecule has 1 aromatic rings. The third-order valence-corrected chi connectivity index (χ3v) is 3.65. The normalized spacial score (nSPS) is 16.7. The Morgan fingerprint density at radius 1 is 1.30 bits per heavy atom. The van der Waals surface area contributed by atoms with Crippen molar-refractivity contribution in [3.05, 3.63) is 35.4 Å². The van der Waals surface area contributed by atoms with E-state index in [4.69, 9.17) is 0 Å². The average Bonchev–Trinajstić information content (AvgIpc) is 2.48. The van der Waals surface area contributed by atoms with Crippen molar-refractivity contribution in [1.29, 1.82) is 0 Å². The predicted octanol–water partition coefficient (Wildman–Crippen LogP) is 3.22. The van der Waals surface area contributed by atoms with Gasteiger partial charge < -0.3 is 5.32 Å². The third kappa shape index (κ3) is 3.65. The zero-order valence-electron chi connectivity index (χ0n) is 12.5. The minimum absolute atomic E-state index is 0.0836. The molecule has 1 atom stereocenters. The Hall–Kier alpha value is -1.71. The number of carbonyl (C=O) groups excluding carboxylic acids is 1. The molecule has 0 fully saturated rings. The van der Waals surface area contributed by atoms with Crippen LogP contribution in [0.1, 0.15) is 68.7 Å². The molecule has 1 aromatic heterocycles. The molecule has 20 heavy (non-hydrogen) atoms. The summed E-state index contributed by atoms with van der Waals surface area (Å²) in [7, 11) is 0. The van der Waals surface area contributed by atoms with Crippen LogP contribution < -0.4 is 5.32 Å². The predicted molar refractivity (Wildman–Crippen MR) is 79.6 cm³/mol. The maximum absolute atomic E-state index is 12.2. The van der Waals surface area contributed by atoms with E-state index in [1.807, 2.05) is 20.8 Å². The molecule has 4 heteroatoms. The fraction of sp³-hybridized carbons (Fsp3) is 0.562. The van der Waals surface area contributed by atoms with Gasteiger partial charge in [0.25, 0.3) is 5.91 Å². The van der Waals surface area contributed by atoms with Gasteiger partial charge in [-0.15, -0.1) is 0 Å². The number of allylic oxidation sites excluding steroid dienone is 1. The quantitative estimate of drug-likeness (QED) is 0.857. The number of hydrogen-bond acceptors (Lipinski definition) is 3. The van der Waals surface area contributed by atoms with Gasteiger partial charge in [0.15, 0.2) is 0 Å². The van der Waals surface area contributed by atoms with E-state index in [1.165, 1.54) is 18.4 Å². The average molecular weight is 273 g/mol. The Balaban J connectivity index is 2.04. The summed E-state index contributed by atoms with van der Waals surface area (Å²) < 4.78 is 0. The third-order valence-electron chi connectivity index (χ3n) is 3.65. The second-order valence-corrected chi connectivity index (χ2v) is 5.67. The Kier molecular flexibility index (Phi) is 4.88. The van der Waals surface area contributed by atoms with Crippen LogP contribution in [0.5, 0.6) is 0 Å². The summed E-state index contributed by atoms with van der Waals surface area (Å²) in [5.74, 6) is 0.816. The van der Waals surface area contributed by atoms with Gasteiger partial charge in [0.05, 0.1) is 0 Å². The van der Waals surface area contributed by atoms with Gasteiger partial charge in [-0.3, -0.25) is 4.79 Å². The lowest BCUT2D eigenvalue weighted by Gasteiger charge is -2.20. The molecule has 4 nitrogen and oxygen atoms in total. The number of nitrogens with one attached hydrogen (secondary N) is 1. The van der Waals surface area contributed by atoms with Crippen molar-refractivity contribution in [2.24, 2.45) is 0 Å². The number of hydrogen-bond donors (Lipinski definition) is 1. The van der Waals surface area contributed by atoms with Crippen molar-refractivity contribution < 1.29 is 4.79 Å². The largest absolute Gasteiger partial charge is 0.345 e. The molecule has 1 N–H and O–H groups in total. The smallest absolute Gasteiger partial charge is 0.270 e. The molecule has 1 heterocycles. The SMILES string of the molecule is CC(NC(=O)c1ccnc(C(C)C)n1)C1=CCCCC1. The molecule has 0 bridgehead atoms. The highest BCUT2D eigenvalue weighted by atomic mass is 16.1. The van der Waals surface area contributed by atoms with Crippen LogP contribution in [0.3, 0.4) is 0 Å². The highest BCUT2D eigenvalue weighted by Crippen LogP contribution is 2.20. The van der Waals surface area contributed by atoms with Crippen LogP contribution in [0.2, 0.25) is 0 Å². The standard InChI is InChI=1S/C16H23N3O/c1-11(2)15-17-10-9-14(19-15)16(20)18-12(3)13-7-5-4-6-8-13/h7,9-12H,4-6,8H2,1-3H3,(H,18,20). The van der Waals surface area contributed by atoms with Crippen molar-refractivity contribution in [3.8, 4) is 0 Å². The van der Waals surface area contributed by atoms with E-state index in [0.29, 0.717) is 11.5 Å². The van der Waals surface area contributed by atoms with Gasteiger partial charge in [-0.2, -0.15) is 0 Å². The van der Waals surface area contributed by atoms with Crippen molar-refractivity contribution in [2.75, 3.05) is 0 Å². The van der Waals surface area contributed by atoms with Crippen molar-refractivity contribution in [3.63, 3.8) is 0 Å². The lowest BCUT2D eigenvalue weighted by Crippen LogP contribution is -2.35. The van der Waals surface area contributed by atoms with Crippen LogP contribution in [0.25, 0.3) is 0 Å². The first kappa shape index (κ1) is 14.7. The fourth-order valence-electron chi connectivity index (χ4n) is 2.40. The summed E-state index contributed by atoms with van der Waals surface area (Å²) in [6.45, 7) is 6.08. The fourth-order valence-corrected chi connectivity index (χ4v) is 2.40. The van der Waals surface area contributed by atoms with E-state index < -0.39 is 0 Å². The Bertz CT molecular complexity index is 508. The van der Waals surface area contributed by atoms with Crippen LogP contribution in [-0.4, -0.2) is 21.9 Å². The highest BCUT2D eigenvalue weighted by Gasteiger charge is 2.16. The summed E-state index contributed by atoms with van der Waals surface area (Å²) in [4.78, 5) is 20.8. The van der Waals surface area contributed by atoms with Crippen molar-refractivity contribution >= 4 is 5.91 Å². The van der Waals surface area contributed by atoms with Gasteiger partial charge in [0.1, 0.15) is 11.5 Å². The summed E-state index contributed by atoms with van der Waals surface area (Å²) in [6, 6.07) is 1.75. The maximum Gasteiger partial charge on any atom is 0.270 e. The number of nitrogens with zero attached hydrogens (tertiary/aromatic N) is 2. The second-order valence-electron chi connectivity index (χ2n) is 5.67. The number of amides is 1. The topological polar surface area (TPSA) is 54.9 Å². The van der Waals surface area contributed by atoms with Gasteiger partial charge in [-0.25, -0.2) is 9.97 Å². The van der Waals surface area contributed by atoms with Crippen LogP contribution in [0, 0.1) is 0 Å². The van der Waals surface area contributed by atoms with Crippen LogP contribution in [0.15, 0.2) is 23.9 Å². The molecule has 0 spiro atoms. The number of rotatable bonds is 4. The summed E-state index contributed by atoms with van der Waals surface area (Å²) >= 11 is 0. The highest BCUT2D eigenvalue weighted by molar-refractivity contribution is 5.92. The number of carbonyl (C=O) groups is 1. The molecule has 1 unspecified atom stereocenters. The van der Waals surface area contributed by atoms with E-state index in [1.54, 1.807) is 12.3 Å². The molecular formula is C16H23N3O. The van der Waals surface area contributed by atoms with Crippen LogP contribution in [0.4, 0.5) is 0 Å². The summed E-state index contributed by atoms with van der Waals surface area (Å²) in [5.41, 5.74) is 1.79. The lowest BCUT2D eigenvalue weighted by molar-refractivity contribution is 0.0939. The van der Waals surface area contributed by atoms with Gasteiger partial charge in [-0.1, -0.05) is 25.5 Å². The van der Waals surface area contributed by atoms with E-state index in [0.717, 1.165) is 12.8 Å². The lowest BCUT2D eigenvalue weighted by atomic mass is 9.95. The maximum atomic E-state index is 12.2. The van der Waals surface area contributed by atoms with E-state index in [9.17, 15) is 4.79 Å². The molecule has 108 valence electrons. The zero-order valence-corrected chi connectivity index (χ0v) is 12.5. The second kappa shape index (κ2) is 6.64.